The van der Waals surface area contributed by atoms with Crippen LogP contribution in [0.25, 0.3) is 5.69 Å². The number of aliphatic imine (C=N–C) groups is 1. The summed E-state index contributed by atoms with van der Waals surface area (Å²) in [4.78, 5) is 18.8. The quantitative estimate of drug-likeness (QED) is 0.476. The van der Waals surface area contributed by atoms with Crippen LogP contribution in [0, 0.1) is 6.92 Å². The number of carboxylic acid groups (broad SMARTS) is 1. The first-order valence-electron chi connectivity index (χ1n) is 10.8. The molecular weight excluding hydrogens is 430 g/mol. The Balaban J connectivity index is 1.72. The van der Waals surface area contributed by atoms with E-state index in [-0.39, 0.29) is 6.54 Å². The van der Waals surface area contributed by atoms with E-state index in [1.807, 2.05) is 90.4 Å². The molecule has 5 rings (SSSR count). The highest BCUT2D eigenvalue weighted by atomic mass is 16.5. The first-order chi connectivity index (χ1) is 16.6. The van der Waals surface area contributed by atoms with Crippen molar-refractivity contribution in [2.75, 3.05) is 7.11 Å². The Morgan fingerprint density at radius 3 is 2.41 bits per heavy atom. The van der Waals surface area contributed by atoms with Gasteiger partial charge in [0.2, 0.25) is 0 Å². The Bertz CT molecular complexity index is 1360. The SMILES string of the molecule is COc1ccc(C2=NC(N(Cc3ccccc3)C(=O)O)c3nnc(C)n3-c3ccccc32)cc1. The van der Waals surface area contributed by atoms with Gasteiger partial charge in [-0.05, 0) is 42.8 Å². The third-order valence-electron chi connectivity index (χ3n) is 5.83. The van der Waals surface area contributed by atoms with Crippen LogP contribution in [0.3, 0.4) is 0 Å². The molecule has 0 radical (unpaired) electrons. The van der Waals surface area contributed by atoms with Gasteiger partial charge in [-0.1, -0.05) is 48.5 Å². The fourth-order valence-corrected chi connectivity index (χ4v) is 4.19. The van der Waals surface area contributed by atoms with Crippen LogP contribution in [-0.4, -0.2) is 43.7 Å². The number of aryl methyl sites for hydroxylation is 1. The number of ether oxygens (including phenoxy) is 1. The van der Waals surface area contributed by atoms with Crippen molar-refractivity contribution in [3.63, 3.8) is 0 Å². The second-order valence-electron chi connectivity index (χ2n) is 7.93. The number of nitrogens with zero attached hydrogens (tertiary/aromatic N) is 5. The van der Waals surface area contributed by atoms with Crippen molar-refractivity contribution < 1.29 is 14.6 Å². The van der Waals surface area contributed by atoms with Crippen molar-refractivity contribution >= 4 is 11.8 Å². The lowest BCUT2D eigenvalue weighted by molar-refractivity contribution is 0.119. The molecule has 34 heavy (non-hydrogen) atoms. The average Bonchev–Trinajstić information content (AvgIpc) is 3.18. The number of hydrogen-bond acceptors (Lipinski definition) is 5. The summed E-state index contributed by atoms with van der Waals surface area (Å²) >= 11 is 0. The predicted octanol–water partition coefficient (Wildman–Crippen LogP) is 4.61. The van der Waals surface area contributed by atoms with Crippen LogP contribution < -0.4 is 4.74 Å². The molecule has 1 amide bonds. The standard InChI is InChI=1S/C26H23N5O3/c1-17-28-29-25-24(30(26(32)33)16-18-8-4-3-5-9-18)27-23(19-12-14-20(34-2)15-13-19)21-10-6-7-11-22(21)31(17)25/h3-15,24H,16H2,1-2H3,(H,32,33). The Morgan fingerprint density at radius 1 is 1.00 bits per heavy atom. The minimum absolute atomic E-state index is 0.155. The number of methoxy groups -OCH3 is 1. The molecule has 1 unspecified atom stereocenters. The molecule has 1 aliphatic heterocycles. The molecule has 0 bridgehead atoms. The topological polar surface area (TPSA) is 92.8 Å². The van der Waals surface area contributed by atoms with Gasteiger partial charge in [-0.15, -0.1) is 10.2 Å². The summed E-state index contributed by atoms with van der Waals surface area (Å²) in [5, 5.41) is 18.9. The Morgan fingerprint density at radius 2 is 1.71 bits per heavy atom. The number of para-hydroxylation sites is 1. The number of fused-ring (bicyclic) bond motifs is 3. The smallest absolute Gasteiger partial charge is 0.409 e. The number of benzene rings is 3. The molecule has 4 aromatic rings. The van der Waals surface area contributed by atoms with Gasteiger partial charge >= 0.3 is 6.09 Å². The van der Waals surface area contributed by atoms with Crippen LogP contribution in [-0.2, 0) is 6.54 Å². The highest BCUT2D eigenvalue weighted by Gasteiger charge is 2.34. The maximum absolute atomic E-state index is 12.5. The molecule has 8 heteroatoms. The lowest BCUT2D eigenvalue weighted by Crippen LogP contribution is -2.34. The molecule has 0 aliphatic carbocycles. The molecular formula is C26H23N5O3. The van der Waals surface area contributed by atoms with Gasteiger partial charge in [0.05, 0.1) is 25.1 Å². The van der Waals surface area contributed by atoms with Crippen molar-refractivity contribution in [1.29, 1.82) is 0 Å². The predicted molar refractivity (Wildman–Crippen MR) is 127 cm³/mol. The molecule has 2 heterocycles. The van der Waals surface area contributed by atoms with Gasteiger partial charge in [-0.2, -0.15) is 0 Å². The van der Waals surface area contributed by atoms with E-state index in [4.69, 9.17) is 9.73 Å². The second kappa shape index (κ2) is 8.82. The molecule has 0 fully saturated rings. The van der Waals surface area contributed by atoms with Crippen LogP contribution in [0.5, 0.6) is 5.75 Å². The van der Waals surface area contributed by atoms with Crippen molar-refractivity contribution in [3.8, 4) is 11.4 Å². The van der Waals surface area contributed by atoms with Crippen LogP contribution in [0.15, 0.2) is 83.9 Å². The largest absolute Gasteiger partial charge is 0.497 e. The van der Waals surface area contributed by atoms with E-state index >= 15 is 0 Å². The fraction of sp³-hybridized carbons (Fsp3) is 0.154. The fourth-order valence-electron chi connectivity index (χ4n) is 4.19. The van der Waals surface area contributed by atoms with E-state index in [0.717, 1.165) is 28.1 Å². The molecule has 8 nitrogen and oxygen atoms in total. The second-order valence-corrected chi connectivity index (χ2v) is 7.93. The van der Waals surface area contributed by atoms with Crippen LogP contribution in [0.1, 0.15) is 34.5 Å². The minimum Gasteiger partial charge on any atom is -0.497 e. The normalized spacial score (nSPS) is 14.4. The van der Waals surface area contributed by atoms with Crippen molar-refractivity contribution in [3.05, 3.63) is 107 Å². The third-order valence-corrected chi connectivity index (χ3v) is 5.83. The monoisotopic (exact) mass is 453 g/mol. The van der Waals surface area contributed by atoms with Gasteiger partial charge < -0.3 is 9.84 Å². The lowest BCUT2D eigenvalue weighted by Gasteiger charge is -2.26. The summed E-state index contributed by atoms with van der Waals surface area (Å²) < 4.78 is 7.20. The van der Waals surface area contributed by atoms with E-state index in [0.29, 0.717) is 17.4 Å². The number of hydrogen-bond donors (Lipinski definition) is 1. The number of amides is 1. The highest BCUT2D eigenvalue weighted by molar-refractivity contribution is 6.15. The molecule has 1 atom stereocenters. The molecule has 0 spiro atoms. The summed E-state index contributed by atoms with van der Waals surface area (Å²) in [5.41, 5.74) is 4.09. The van der Waals surface area contributed by atoms with E-state index in [1.54, 1.807) is 7.11 Å². The van der Waals surface area contributed by atoms with Crippen LogP contribution >= 0.6 is 0 Å². The van der Waals surface area contributed by atoms with Crippen molar-refractivity contribution in [1.82, 2.24) is 19.7 Å². The minimum atomic E-state index is -1.09. The van der Waals surface area contributed by atoms with Gasteiger partial charge in [-0.3, -0.25) is 14.5 Å². The number of aromatic nitrogens is 3. The third kappa shape index (κ3) is 3.79. The zero-order valence-corrected chi connectivity index (χ0v) is 18.8. The van der Waals surface area contributed by atoms with Gasteiger partial charge in [0, 0.05) is 11.1 Å². The van der Waals surface area contributed by atoms with Gasteiger partial charge in [0.1, 0.15) is 11.6 Å². The Hall–Kier alpha value is -4.46. The summed E-state index contributed by atoms with van der Waals surface area (Å²) in [6, 6.07) is 24.9. The number of rotatable bonds is 5. The molecule has 1 aliphatic rings. The van der Waals surface area contributed by atoms with Crippen LogP contribution in [0.4, 0.5) is 4.79 Å². The number of carbonyl (C=O) groups is 1. The molecule has 1 aromatic heterocycles. The maximum atomic E-state index is 12.5. The van der Waals surface area contributed by atoms with Gasteiger partial charge in [-0.25, -0.2) is 4.79 Å². The van der Waals surface area contributed by atoms with Crippen molar-refractivity contribution in [2.45, 2.75) is 19.6 Å². The zero-order chi connectivity index (χ0) is 23.7. The molecule has 0 saturated heterocycles. The van der Waals surface area contributed by atoms with Crippen molar-refractivity contribution in [2.24, 2.45) is 4.99 Å². The summed E-state index contributed by atoms with van der Waals surface area (Å²) in [6.45, 7) is 2.01. The van der Waals surface area contributed by atoms with E-state index < -0.39 is 12.3 Å². The maximum Gasteiger partial charge on any atom is 0.409 e. The first kappa shape index (κ1) is 21.4. The van der Waals surface area contributed by atoms with E-state index in [1.165, 1.54) is 4.90 Å². The molecule has 170 valence electrons. The molecule has 0 saturated carbocycles. The van der Waals surface area contributed by atoms with Gasteiger partial charge in [0.25, 0.3) is 0 Å². The molecule has 3 aromatic carbocycles. The van der Waals surface area contributed by atoms with E-state index in [2.05, 4.69) is 10.2 Å². The summed E-state index contributed by atoms with van der Waals surface area (Å²) in [7, 11) is 1.62. The lowest BCUT2D eigenvalue weighted by atomic mass is 10.0. The molecule has 1 N–H and O–H groups in total. The van der Waals surface area contributed by atoms with E-state index in [9.17, 15) is 9.90 Å². The summed E-state index contributed by atoms with van der Waals surface area (Å²) in [6.07, 6.45) is -1.99. The van der Waals surface area contributed by atoms with Crippen LogP contribution in [0.2, 0.25) is 0 Å². The Labute approximate surface area is 196 Å². The summed E-state index contributed by atoms with van der Waals surface area (Å²) in [5.74, 6) is 1.84. The Kier molecular flexibility index (Phi) is 5.55. The average molecular weight is 454 g/mol. The highest BCUT2D eigenvalue weighted by Crippen LogP contribution is 2.33. The van der Waals surface area contributed by atoms with Gasteiger partial charge in [0.15, 0.2) is 12.0 Å². The zero-order valence-electron chi connectivity index (χ0n) is 18.8. The first-order valence-corrected chi connectivity index (χ1v) is 10.8.